The van der Waals surface area contributed by atoms with Crippen molar-refractivity contribution in [1.82, 2.24) is 10.6 Å². The highest BCUT2D eigenvalue weighted by atomic mass is 32.2. The predicted molar refractivity (Wildman–Crippen MR) is 73.7 cm³/mol. The van der Waals surface area contributed by atoms with Gasteiger partial charge >= 0.3 is 6.03 Å². The molecule has 2 amide bonds. The van der Waals surface area contributed by atoms with Crippen molar-refractivity contribution in [3.63, 3.8) is 0 Å². The molecule has 0 spiro atoms. The van der Waals surface area contributed by atoms with Crippen LogP contribution in [0.25, 0.3) is 0 Å². The maximum absolute atomic E-state index is 11.2. The van der Waals surface area contributed by atoms with Crippen molar-refractivity contribution >= 4 is 16.8 Å². The molecule has 102 valence electrons. The lowest BCUT2D eigenvalue weighted by atomic mass is 10.1. The Hall–Kier alpha value is -0.580. The van der Waals surface area contributed by atoms with Crippen LogP contribution in [0.5, 0.6) is 0 Å². The molecule has 0 saturated heterocycles. The van der Waals surface area contributed by atoms with Crippen LogP contribution in [0.4, 0.5) is 4.79 Å². The van der Waals surface area contributed by atoms with Gasteiger partial charge in [0.1, 0.15) is 0 Å². The number of hydrogen-bond donors (Lipinski definition) is 2. The van der Waals surface area contributed by atoms with Crippen LogP contribution in [0.2, 0.25) is 0 Å². The van der Waals surface area contributed by atoms with E-state index in [4.69, 9.17) is 0 Å². The molecule has 0 aliphatic heterocycles. The maximum Gasteiger partial charge on any atom is 0.314 e. The largest absolute Gasteiger partial charge is 0.338 e. The van der Waals surface area contributed by atoms with E-state index in [0.29, 0.717) is 0 Å². The smallest absolute Gasteiger partial charge is 0.314 e. The summed E-state index contributed by atoms with van der Waals surface area (Å²) in [7, 11) is -0.652. The molecule has 0 unspecified atom stereocenters. The molecule has 0 saturated carbocycles. The lowest BCUT2D eigenvalue weighted by Crippen LogP contribution is -2.39. The van der Waals surface area contributed by atoms with E-state index >= 15 is 0 Å². The van der Waals surface area contributed by atoms with E-state index in [2.05, 4.69) is 10.6 Å². The second kappa shape index (κ2) is 10.6. The second-order valence-electron chi connectivity index (χ2n) is 4.60. The first kappa shape index (κ1) is 16.4. The topological polar surface area (TPSA) is 58.2 Å². The highest BCUT2D eigenvalue weighted by Gasteiger charge is 2.00. The van der Waals surface area contributed by atoms with Crippen LogP contribution in [0, 0.1) is 0 Å². The Kier molecular flexibility index (Phi) is 10.2. The van der Waals surface area contributed by atoms with E-state index in [1.807, 2.05) is 13.8 Å². The zero-order valence-corrected chi connectivity index (χ0v) is 12.1. The van der Waals surface area contributed by atoms with Crippen LogP contribution in [0.1, 0.15) is 46.0 Å². The number of unbranched alkanes of at least 4 members (excludes halogenated alkanes) is 4. The molecule has 0 aromatic rings. The van der Waals surface area contributed by atoms with Crippen LogP contribution in [-0.4, -0.2) is 34.8 Å². The van der Waals surface area contributed by atoms with Gasteiger partial charge < -0.3 is 10.6 Å². The Balaban J connectivity index is 3.18. The molecule has 0 radical (unpaired) electrons. The van der Waals surface area contributed by atoms with Crippen molar-refractivity contribution in [2.45, 2.75) is 52.0 Å². The zero-order chi connectivity index (χ0) is 13.1. The molecule has 0 aromatic carbocycles. The first-order valence-corrected chi connectivity index (χ1v) is 8.09. The number of carbonyl (C=O) groups is 1. The first-order chi connectivity index (χ1) is 8.02. The van der Waals surface area contributed by atoms with Crippen molar-refractivity contribution in [1.29, 1.82) is 0 Å². The van der Waals surface area contributed by atoms with Gasteiger partial charge in [0, 0.05) is 35.4 Å². The summed E-state index contributed by atoms with van der Waals surface area (Å²) in [5.74, 6) is 0.815. The number of amides is 2. The standard InChI is InChI=1S/C12H26N2O2S/c1-11(2)14-12(15)13-9-7-5-4-6-8-10-17(3)16/h11H,4-10H2,1-3H3,(H2,13,14,15)/t17-/m1/s1. The second-order valence-corrected chi connectivity index (χ2v) is 6.15. The lowest BCUT2D eigenvalue weighted by molar-refractivity contribution is 0.238. The first-order valence-electron chi connectivity index (χ1n) is 6.36. The molecule has 0 aromatic heterocycles. The summed E-state index contributed by atoms with van der Waals surface area (Å²) in [5.41, 5.74) is 0. The van der Waals surface area contributed by atoms with E-state index < -0.39 is 10.8 Å². The summed E-state index contributed by atoms with van der Waals surface area (Å²) < 4.78 is 10.8. The van der Waals surface area contributed by atoms with Crippen molar-refractivity contribution in [3.05, 3.63) is 0 Å². The molecular weight excluding hydrogens is 236 g/mol. The fraction of sp³-hybridized carbons (Fsp3) is 0.917. The van der Waals surface area contributed by atoms with Crippen LogP contribution in [0.3, 0.4) is 0 Å². The number of urea groups is 1. The maximum atomic E-state index is 11.2. The minimum atomic E-state index is -0.652. The summed E-state index contributed by atoms with van der Waals surface area (Å²) >= 11 is 0. The average molecular weight is 262 g/mol. The van der Waals surface area contributed by atoms with E-state index in [1.54, 1.807) is 6.26 Å². The Bertz CT molecular complexity index is 233. The predicted octanol–water partition coefficient (Wildman–Crippen LogP) is 2.02. The molecule has 0 aliphatic rings. The van der Waals surface area contributed by atoms with Crippen LogP contribution in [0.15, 0.2) is 0 Å². The lowest BCUT2D eigenvalue weighted by Gasteiger charge is -2.09. The third-order valence-electron chi connectivity index (χ3n) is 2.31. The SMILES string of the molecule is CC(C)NC(=O)NCCCCCCC[S@@](C)=O. The van der Waals surface area contributed by atoms with Crippen LogP contribution in [-0.2, 0) is 10.8 Å². The normalized spacial score (nSPS) is 12.5. The Morgan fingerprint density at radius 2 is 1.71 bits per heavy atom. The van der Waals surface area contributed by atoms with Gasteiger partial charge in [0.05, 0.1) is 0 Å². The molecule has 0 fully saturated rings. The number of hydrogen-bond acceptors (Lipinski definition) is 2. The van der Waals surface area contributed by atoms with Gasteiger partial charge in [-0.05, 0) is 26.7 Å². The highest BCUT2D eigenvalue weighted by molar-refractivity contribution is 7.84. The molecule has 0 heterocycles. The van der Waals surface area contributed by atoms with Gasteiger partial charge in [-0.1, -0.05) is 19.3 Å². The fourth-order valence-corrected chi connectivity index (χ4v) is 2.09. The third kappa shape index (κ3) is 13.4. The molecular formula is C12H26N2O2S. The number of rotatable bonds is 9. The molecule has 1 atom stereocenters. The minimum Gasteiger partial charge on any atom is -0.338 e. The summed E-state index contributed by atoms with van der Waals surface area (Å²) in [6.07, 6.45) is 7.23. The van der Waals surface area contributed by atoms with E-state index in [0.717, 1.165) is 44.4 Å². The molecule has 17 heavy (non-hydrogen) atoms. The van der Waals surface area contributed by atoms with Gasteiger partial charge in [-0.15, -0.1) is 0 Å². The van der Waals surface area contributed by atoms with Gasteiger partial charge in [-0.3, -0.25) is 4.21 Å². The van der Waals surface area contributed by atoms with Gasteiger partial charge in [0.15, 0.2) is 0 Å². The Morgan fingerprint density at radius 1 is 1.12 bits per heavy atom. The quantitative estimate of drug-likeness (QED) is 0.625. The fourth-order valence-electron chi connectivity index (χ4n) is 1.48. The molecule has 5 heteroatoms. The van der Waals surface area contributed by atoms with Gasteiger partial charge in [0.25, 0.3) is 0 Å². The van der Waals surface area contributed by atoms with E-state index in [9.17, 15) is 9.00 Å². The number of nitrogens with one attached hydrogen (secondary N) is 2. The highest BCUT2D eigenvalue weighted by Crippen LogP contribution is 2.02. The van der Waals surface area contributed by atoms with Crippen molar-refractivity contribution in [2.75, 3.05) is 18.6 Å². The number of carbonyl (C=O) groups excluding carboxylic acids is 1. The summed E-state index contributed by atoms with van der Waals surface area (Å²) in [6.45, 7) is 4.62. The summed E-state index contributed by atoms with van der Waals surface area (Å²) in [5, 5.41) is 5.61. The van der Waals surface area contributed by atoms with Crippen molar-refractivity contribution in [3.8, 4) is 0 Å². The van der Waals surface area contributed by atoms with E-state index in [-0.39, 0.29) is 12.1 Å². The van der Waals surface area contributed by atoms with Gasteiger partial charge in [-0.25, -0.2) is 4.79 Å². The molecule has 0 bridgehead atoms. The Morgan fingerprint density at radius 3 is 2.29 bits per heavy atom. The van der Waals surface area contributed by atoms with E-state index in [1.165, 1.54) is 0 Å². The minimum absolute atomic E-state index is 0.0821. The van der Waals surface area contributed by atoms with Crippen molar-refractivity contribution in [2.24, 2.45) is 0 Å². The Labute approximate surface area is 107 Å². The van der Waals surface area contributed by atoms with Gasteiger partial charge in [-0.2, -0.15) is 0 Å². The average Bonchev–Trinajstić information content (AvgIpc) is 2.20. The summed E-state index contributed by atoms with van der Waals surface area (Å²) in [6, 6.07) is 0.103. The monoisotopic (exact) mass is 262 g/mol. The van der Waals surface area contributed by atoms with Crippen molar-refractivity contribution < 1.29 is 9.00 Å². The van der Waals surface area contributed by atoms with Crippen LogP contribution < -0.4 is 10.6 Å². The molecule has 0 aliphatic carbocycles. The molecule has 2 N–H and O–H groups in total. The summed E-state index contributed by atoms with van der Waals surface area (Å²) in [4.78, 5) is 11.2. The molecule has 0 rings (SSSR count). The third-order valence-corrected chi connectivity index (χ3v) is 3.18. The van der Waals surface area contributed by atoms with Gasteiger partial charge in [0.2, 0.25) is 0 Å². The van der Waals surface area contributed by atoms with Crippen LogP contribution >= 0.6 is 0 Å². The molecule has 4 nitrogen and oxygen atoms in total. The zero-order valence-electron chi connectivity index (χ0n) is 11.3.